The molecular formula is C24H35N3O2. The van der Waals surface area contributed by atoms with Crippen LogP contribution in [0.4, 0.5) is 0 Å². The number of amides is 1. The van der Waals surface area contributed by atoms with E-state index in [0.717, 1.165) is 44.1 Å². The summed E-state index contributed by atoms with van der Waals surface area (Å²) in [7, 11) is 0. The van der Waals surface area contributed by atoms with Crippen molar-refractivity contribution in [2.45, 2.75) is 63.5 Å². The normalized spacial score (nSPS) is 24.5. The van der Waals surface area contributed by atoms with Gasteiger partial charge in [0.25, 0.3) is 0 Å². The van der Waals surface area contributed by atoms with Gasteiger partial charge in [0, 0.05) is 44.2 Å². The lowest BCUT2D eigenvalue weighted by Gasteiger charge is -2.38. The fourth-order valence-electron chi connectivity index (χ4n) is 5.12. The lowest BCUT2D eigenvalue weighted by Crippen LogP contribution is -2.45. The van der Waals surface area contributed by atoms with Crippen molar-refractivity contribution in [2.24, 2.45) is 5.92 Å². The number of likely N-dealkylation sites (tertiary alicyclic amines) is 1. The summed E-state index contributed by atoms with van der Waals surface area (Å²) >= 11 is 0. The number of ether oxygens (including phenoxy) is 1. The molecule has 158 valence electrons. The molecule has 0 spiro atoms. The summed E-state index contributed by atoms with van der Waals surface area (Å²) in [5.41, 5.74) is 0.961. The van der Waals surface area contributed by atoms with Crippen molar-refractivity contribution in [1.29, 1.82) is 0 Å². The third kappa shape index (κ3) is 5.89. The van der Waals surface area contributed by atoms with Crippen LogP contribution in [0.5, 0.6) is 0 Å². The fraction of sp³-hybridized carbons (Fsp3) is 0.667. The topological polar surface area (TPSA) is 45.7 Å². The van der Waals surface area contributed by atoms with Crippen molar-refractivity contribution in [3.05, 3.63) is 36.2 Å². The molecule has 0 radical (unpaired) electrons. The van der Waals surface area contributed by atoms with Crippen LogP contribution in [0.15, 0.2) is 30.6 Å². The van der Waals surface area contributed by atoms with Crippen molar-refractivity contribution < 1.29 is 9.53 Å². The van der Waals surface area contributed by atoms with E-state index in [9.17, 15) is 4.79 Å². The first-order valence-electron chi connectivity index (χ1n) is 11.5. The van der Waals surface area contributed by atoms with E-state index in [0.29, 0.717) is 5.92 Å². The number of carbonyl (C=O) groups excluding carboxylic acids is 1. The molecule has 4 rings (SSSR count). The van der Waals surface area contributed by atoms with E-state index in [4.69, 9.17) is 4.74 Å². The predicted octanol–water partition coefficient (Wildman–Crippen LogP) is 3.76. The Morgan fingerprint density at radius 3 is 2.66 bits per heavy atom. The molecule has 3 aliphatic rings. The van der Waals surface area contributed by atoms with Gasteiger partial charge >= 0.3 is 0 Å². The third-order valence-corrected chi connectivity index (χ3v) is 6.83. The number of carbonyl (C=O) groups is 1. The number of piperidine rings is 1. The van der Waals surface area contributed by atoms with Crippen LogP contribution in [0, 0.1) is 5.92 Å². The Labute approximate surface area is 175 Å². The zero-order valence-electron chi connectivity index (χ0n) is 17.5. The molecule has 29 heavy (non-hydrogen) atoms. The Bertz CT molecular complexity index is 658. The number of pyridine rings is 1. The monoisotopic (exact) mass is 397 g/mol. The average Bonchev–Trinajstić information content (AvgIpc) is 3.47. The zero-order chi connectivity index (χ0) is 19.9. The summed E-state index contributed by atoms with van der Waals surface area (Å²) in [4.78, 5) is 21.9. The standard InChI is InChI=1S/C24H35N3O2/c28-24(10-9-20-5-3-13-25-17-20)27(19-23-8-4-16-29-23)18-21-11-14-26(15-12-21)22-6-1-2-7-22/h3,5,9-10,13,17,21-23H,1-2,4,6-8,11-12,14-16,18-19H2/b10-9+. The van der Waals surface area contributed by atoms with Crippen LogP contribution >= 0.6 is 0 Å². The molecule has 3 fully saturated rings. The van der Waals surface area contributed by atoms with Gasteiger partial charge in [0.1, 0.15) is 0 Å². The van der Waals surface area contributed by atoms with Gasteiger partial charge < -0.3 is 14.5 Å². The second-order valence-electron chi connectivity index (χ2n) is 8.92. The average molecular weight is 398 g/mol. The highest BCUT2D eigenvalue weighted by molar-refractivity contribution is 5.91. The van der Waals surface area contributed by atoms with Crippen LogP contribution < -0.4 is 0 Å². The molecule has 2 aliphatic heterocycles. The molecule has 0 bridgehead atoms. The molecule has 1 amide bonds. The van der Waals surface area contributed by atoms with Crippen molar-refractivity contribution >= 4 is 12.0 Å². The SMILES string of the molecule is O=C(/C=C/c1cccnc1)N(CC1CCN(C2CCCC2)CC1)CC1CCCO1. The first-order valence-corrected chi connectivity index (χ1v) is 11.5. The number of nitrogens with zero attached hydrogens (tertiary/aromatic N) is 3. The largest absolute Gasteiger partial charge is 0.376 e. The van der Waals surface area contributed by atoms with Gasteiger partial charge in [-0.2, -0.15) is 0 Å². The van der Waals surface area contributed by atoms with Crippen LogP contribution in [-0.2, 0) is 9.53 Å². The van der Waals surface area contributed by atoms with Crippen LogP contribution in [0.1, 0.15) is 56.9 Å². The molecule has 1 aromatic heterocycles. The van der Waals surface area contributed by atoms with Gasteiger partial charge in [-0.15, -0.1) is 0 Å². The van der Waals surface area contributed by atoms with Crippen molar-refractivity contribution in [2.75, 3.05) is 32.8 Å². The van der Waals surface area contributed by atoms with Gasteiger partial charge in [-0.1, -0.05) is 18.9 Å². The fourth-order valence-corrected chi connectivity index (χ4v) is 5.12. The molecule has 3 heterocycles. The molecular weight excluding hydrogens is 362 g/mol. The molecule has 1 unspecified atom stereocenters. The minimum Gasteiger partial charge on any atom is -0.376 e. The Hall–Kier alpha value is -1.72. The number of hydrogen-bond donors (Lipinski definition) is 0. The van der Waals surface area contributed by atoms with Gasteiger partial charge in [0.2, 0.25) is 5.91 Å². The first kappa shape index (κ1) is 20.5. The quantitative estimate of drug-likeness (QED) is 0.657. The van der Waals surface area contributed by atoms with E-state index in [1.807, 2.05) is 23.1 Å². The molecule has 1 saturated carbocycles. The summed E-state index contributed by atoms with van der Waals surface area (Å²) in [5, 5.41) is 0. The van der Waals surface area contributed by atoms with E-state index in [1.165, 1.54) is 51.6 Å². The summed E-state index contributed by atoms with van der Waals surface area (Å²) in [5.74, 6) is 0.701. The van der Waals surface area contributed by atoms with Crippen molar-refractivity contribution in [1.82, 2.24) is 14.8 Å². The van der Waals surface area contributed by atoms with Gasteiger partial charge in [0.15, 0.2) is 0 Å². The van der Waals surface area contributed by atoms with E-state index in [2.05, 4.69) is 9.88 Å². The summed E-state index contributed by atoms with van der Waals surface area (Å²) in [6, 6.07) is 4.69. The minimum absolute atomic E-state index is 0.0996. The Morgan fingerprint density at radius 1 is 1.14 bits per heavy atom. The van der Waals surface area contributed by atoms with Gasteiger partial charge in [-0.3, -0.25) is 9.78 Å². The van der Waals surface area contributed by atoms with Gasteiger partial charge in [-0.05, 0) is 75.2 Å². The molecule has 0 aromatic carbocycles. The maximum absolute atomic E-state index is 13.0. The molecule has 1 atom stereocenters. The summed E-state index contributed by atoms with van der Waals surface area (Å²) in [6.07, 6.45) is 17.5. The highest BCUT2D eigenvalue weighted by atomic mass is 16.5. The van der Waals surface area contributed by atoms with Crippen LogP contribution in [0.2, 0.25) is 0 Å². The lowest BCUT2D eigenvalue weighted by atomic mass is 9.94. The maximum Gasteiger partial charge on any atom is 0.246 e. The maximum atomic E-state index is 13.0. The Kier molecular flexibility index (Phi) is 7.33. The van der Waals surface area contributed by atoms with Crippen molar-refractivity contribution in [3.63, 3.8) is 0 Å². The highest BCUT2D eigenvalue weighted by Crippen LogP contribution is 2.28. The van der Waals surface area contributed by atoms with Crippen molar-refractivity contribution in [3.8, 4) is 0 Å². The minimum atomic E-state index is 0.0996. The number of hydrogen-bond acceptors (Lipinski definition) is 4. The van der Waals surface area contributed by atoms with E-state index < -0.39 is 0 Å². The Balaban J connectivity index is 1.33. The van der Waals surface area contributed by atoms with E-state index in [-0.39, 0.29) is 12.0 Å². The number of aromatic nitrogens is 1. The summed E-state index contributed by atoms with van der Waals surface area (Å²) in [6.45, 7) is 4.80. The number of rotatable bonds is 7. The molecule has 1 aromatic rings. The van der Waals surface area contributed by atoms with Crippen LogP contribution in [0.25, 0.3) is 6.08 Å². The third-order valence-electron chi connectivity index (χ3n) is 6.83. The second kappa shape index (κ2) is 10.4. The van der Waals surface area contributed by atoms with Crippen LogP contribution in [0.3, 0.4) is 0 Å². The second-order valence-corrected chi connectivity index (χ2v) is 8.92. The van der Waals surface area contributed by atoms with Crippen LogP contribution in [-0.4, -0.2) is 65.6 Å². The molecule has 2 saturated heterocycles. The molecule has 5 heteroatoms. The molecule has 0 N–H and O–H groups in total. The van der Waals surface area contributed by atoms with E-state index in [1.54, 1.807) is 18.5 Å². The highest BCUT2D eigenvalue weighted by Gasteiger charge is 2.29. The summed E-state index contributed by atoms with van der Waals surface area (Å²) < 4.78 is 5.83. The Morgan fingerprint density at radius 2 is 1.97 bits per heavy atom. The molecule has 5 nitrogen and oxygen atoms in total. The van der Waals surface area contributed by atoms with Gasteiger partial charge in [0.05, 0.1) is 6.10 Å². The molecule has 1 aliphatic carbocycles. The first-order chi connectivity index (χ1) is 14.3. The van der Waals surface area contributed by atoms with Gasteiger partial charge in [-0.25, -0.2) is 0 Å². The smallest absolute Gasteiger partial charge is 0.246 e. The zero-order valence-corrected chi connectivity index (χ0v) is 17.5. The van der Waals surface area contributed by atoms with E-state index >= 15 is 0 Å². The lowest BCUT2D eigenvalue weighted by molar-refractivity contribution is -0.128. The predicted molar refractivity (Wildman–Crippen MR) is 115 cm³/mol.